The largest absolute Gasteiger partial charge is 0.370 e. The number of anilines is 2. The molecule has 2 heterocycles. The lowest BCUT2D eigenvalue weighted by molar-refractivity contribution is 0.974. The standard InChI is InChI=1S/C14H20N4S/c1-4-15-13-10(2)14(18-11(3)17-13)16-8-7-12-6-5-9-19-12/h5-6,9H,4,7-8H2,1-3H3,(H2,15,16,17,18). The Bertz CT molecular complexity index is 522. The van der Waals surface area contributed by atoms with Crippen LogP contribution in [0.1, 0.15) is 23.2 Å². The van der Waals surface area contributed by atoms with Crippen LogP contribution in [0.4, 0.5) is 11.6 Å². The number of rotatable bonds is 6. The van der Waals surface area contributed by atoms with Crippen molar-refractivity contribution in [2.24, 2.45) is 0 Å². The van der Waals surface area contributed by atoms with E-state index in [4.69, 9.17) is 0 Å². The Morgan fingerprint density at radius 2 is 1.89 bits per heavy atom. The summed E-state index contributed by atoms with van der Waals surface area (Å²) in [4.78, 5) is 10.3. The van der Waals surface area contributed by atoms with E-state index in [1.54, 1.807) is 11.3 Å². The number of hydrogen-bond acceptors (Lipinski definition) is 5. The summed E-state index contributed by atoms with van der Waals surface area (Å²) in [6.07, 6.45) is 1.02. The van der Waals surface area contributed by atoms with Gasteiger partial charge >= 0.3 is 0 Å². The minimum absolute atomic E-state index is 0.792. The molecule has 0 bridgehead atoms. The second-order valence-corrected chi connectivity index (χ2v) is 5.41. The molecule has 0 unspecified atom stereocenters. The summed E-state index contributed by atoms with van der Waals surface area (Å²) in [7, 11) is 0. The zero-order chi connectivity index (χ0) is 13.7. The van der Waals surface area contributed by atoms with Crippen LogP contribution in [-0.2, 0) is 6.42 Å². The van der Waals surface area contributed by atoms with Gasteiger partial charge in [0.15, 0.2) is 0 Å². The van der Waals surface area contributed by atoms with Crippen LogP contribution in [0.25, 0.3) is 0 Å². The number of aromatic nitrogens is 2. The quantitative estimate of drug-likeness (QED) is 0.850. The van der Waals surface area contributed by atoms with Crippen LogP contribution in [0.2, 0.25) is 0 Å². The summed E-state index contributed by atoms with van der Waals surface area (Å²) in [5, 5.41) is 8.79. The van der Waals surface area contributed by atoms with Gasteiger partial charge in [-0.1, -0.05) is 6.07 Å². The maximum atomic E-state index is 4.48. The minimum atomic E-state index is 0.792. The van der Waals surface area contributed by atoms with Gasteiger partial charge in [0.1, 0.15) is 17.5 Å². The van der Waals surface area contributed by atoms with Crippen molar-refractivity contribution < 1.29 is 0 Å². The predicted molar refractivity (Wildman–Crippen MR) is 82.2 cm³/mol. The second kappa shape index (κ2) is 6.52. The topological polar surface area (TPSA) is 49.8 Å². The van der Waals surface area contributed by atoms with Gasteiger partial charge in [-0.05, 0) is 38.6 Å². The van der Waals surface area contributed by atoms with Gasteiger partial charge in [-0.2, -0.15) is 0 Å². The van der Waals surface area contributed by atoms with Crippen molar-refractivity contribution in [2.45, 2.75) is 27.2 Å². The number of aryl methyl sites for hydroxylation is 1. The number of nitrogens with one attached hydrogen (secondary N) is 2. The summed E-state index contributed by atoms with van der Waals surface area (Å²) < 4.78 is 0. The molecule has 2 aromatic rings. The van der Waals surface area contributed by atoms with Gasteiger partial charge in [0.2, 0.25) is 0 Å². The molecular weight excluding hydrogens is 256 g/mol. The molecule has 2 aromatic heterocycles. The van der Waals surface area contributed by atoms with Gasteiger partial charge in [0.25, 0.3) is 0 Å². The summed E-state index contributed by atoms with van der Waals surface area (Å²) in [6.45, 7) is 7.80. The van der Waals surface area contributed by atoms with Crippen LogP contribution in [0.5, 0.6) is 0 Å². The molecule has 0 saturated heterocycles. The first-order valence-electron chi connectivity index (χ1n) is 6.56. The van der Waals surface area contributed by atoms with E-state index < -0.39 is 0 Å². The summed E-state index contributed by atoms with van der Waals surface area (Å²) in [5.41, 5.74) is 1.08. The van der Waals surface area contributed by atoms with E-state index >= 15 is 0 Å². The summed E-state index contributed by atoms with van der Waals surface area (Å²) in [6, 6.07) is 4.25. The Morgan fingerprint density at radius 3 is 2.53 bits per heavy atom. The van der Waals surface area contributed by atoms with Crippen molar-refractivity contribution in [1.82, 2.24) is 9.97 Å². The SMILES string of the molecule is CCNc1nc(C)nc(NCCc2cccs2)c1C. The molecule has 19 heavy (non-hydrogen) atoms. The Labute approximate surface area is 118 Å². The molecule has 5 heteroatoms. The molecule has 0 aromatic carbocycles. The highest BCUT2D eigenvalue weighted by molar-refractivity contribution is 7.09. The van der Waals surface area contributed by atoms with Crippen LogP contribution in [0.3, 0.4) is 0 Å². The van der Waals surface area contributed by atoms with Crippen LogP contribution < -0.4 is 10.6 Å². The fourth-order valence-corrected chi connectivity index (χ4v) is 2.61. The lowest BCUT2D eigenvalue weighted by atomic mass is 10.3. The molecule has 0 aliphatic heterocycles. The lowest BCUT2D eigenvalue weighted by Gasteiger charge is -2.13. The van der Waals surface area contributed by atoms with Crippen molar-refractivity contribution in [2.75, 3.05) is 23.7 Å². The third-order valence-corrected chi connectivity index (χ3v) is 3.78. The van der Waals surface area contributed by atoms with Crippen LogP contribution in [-0.4, -0.2) is 23.1 Å². The van der Waals surface area contributed by atoms with E-state index in [-0.39, 0.29) is 0 Å². The van der Waals surface area contributed by atoms with E-state index in [1.165, 1.54) is 4.88 Å². The normalized spacial score (nSPS) is 10.5. The number of hydrogen-bond donors (Lipinski definition) is 2. The highest BCUT2D eigenvalue weighted by atomic mass is 32.1. The third kappa shape index (κ3) is 3.67. The maximum absolute atomic E-state index is 4.48. The zero-order valence-electron chi connectivity index (χ0n) is 11.7. The molecule has 0 saturated carbocycles. The highest BCUT2D eigenvalue weighted by Gasteiger charge is 2.08. The summed E-state index contributed by atoms with van der Waals surface area (Å²) >= 11 is 1.79. The Balaban J connectivity index is 2.02. The molecular formula is C14H20N4S. The minimum Gasteiger partial charge on any atom is -0.370 e. The van der Waals surface area contributed by atoms with E-state index in [2.05, 4.69) is 45.0 Å². The third-order valence-electron chi connectivity index (χ3n) is 2.85. The first-order valence-corrected chi connectivity index (χ1v) is 7.44. The van der Waals surface area contributed by atoms with Crippen LogP contribution in [0, 0.1) is 13.8 Å². The smallest absolute Gasteiger partial charge is 0.134 e. The van der Waals surface area contributed by atoms with Crippen molar-refractivity contribution >= 4 is 23.0 Å². The van der Waals surface area contributed by atoms with E-state index in [1.807, 2.05) is 13.8 Å². The molecule has 4 nitrogen and oxygen atoms in total. The van der Waals surface area contributed by atoms with Crippen molar-refractivity contribution in [3.05, 3.63) is 33.8 Å². The average molecular weight is 276 g/mol. The van der Waals surface area contributed by atoms with Gasteiger partial charge in [-0.3, -0.25) is 0 Å². The van der Waals surface area contributed by atoms with Gasteiger partial charge in [-0.15, -0.1) is 11.3 Å². The van der Waals surface area contributed by atoms with E-state index in [9.17, 15) is 0 Å². The zero-order valence-corrected chi connectivity index (χ0v) is 12.5. The van der Waals surface area contributed by atoms with Crippen LogP contribution >= 0.6 is 11.3 Å². The van der Waals surface area contributed by atoms with Gasteiger partial charge in [-0.25, -0.2) is 9.97 Å². The molecule has 0 aliphatic carbocycles. The van der Waals surface area contributed by atoms with Gasteiger partial charge in [0.05, 0.1) is 0 Å². The molecule has 0 aliphatic rings. The molecule has 0 spiro atoms. The maximum Gasteiger partial charge on any atom is 0.134 e. The predicted octanol–water partition coefficient (Wildman–Crippen LogP) is 3.24. The monoisotopic (exact) mass is 276 g/mol. The molecule has 0 radical (unpaired) electrons. The van der Waals surface area contributed by atoms with Crippen molar-refractivity contribution in [1.29, 1.82) is 0 Å². The fourth-order valence-electron chi connectivity index (χ4n) is 1.90. The Hall–Kier alpha value is -1.62. The number of nitrogens with zero attached hydrogens (tertiary/aromatic N) is 2. The first kappa shape index (κ1) is 13.8. The Kier molecular flexibility index (Phi) is 4.74. The first-order chi connectivity index (χ1) is 9.20. The molecule has 0 atom stereocenters. The molecule has 2 rings (SSSR count). The molecule has 2 N–H and O–H groups in total. The van der Waals surface area contributed by atoms with Crippen molar-refractivity contribution in [3.8, 4) is 0 Å². The average Bonchev–Trinajstić information content (AvgIpc) is 2.88. The van der Waals surface area contributed by atoms with E-state index in [0.29, 0.717) is 0 Å². The fraction of sp³-hybridized carbons (Fsp3) is 0.429. The van der Waals surface area contributed by atoms with E-state index in [0.717, 1.165) is 42.5 Å². The van der Waals surface area contributed by atoms with Gasteiger partial charge in [0, 0.05) is 23.5 Å². The second-order valence-electron chi connectivity index (χ2n) is 4.38. The number of thiophene rings is 1. The van der Waals surface area contributed by atoms with Crippen LogP contribution in [0.15, 0.2) is 17.5 Å². The highest BCUT2D eigenvalue weighted by Crippen LogP contribution is 2.19. The Morgan fingerprint density at radius 1 is 1.16 bits per heavy atom. The molecule has 0 amide bonds. The lowest BCUT2D eigenvalue weighted by Crippen LogP contribution is -2.11. The van der Waals surface area contributed by atoms with Gasteiger partial charge < -0.3 is 10.6 Å². The molecule has 102 valence electrons. The summed E-state index contributed by atoms with van der Waals surface area (Å²) in [5.74, 6) is 2.65. The molecule has 0 fully saturated rings. The van der Waals surface area contributed by atoms with Crippen molar-refractivity contribution in [3.63, 3.8) is 0 Å².